The van der Waals surface area contributed by atoms with Gasteiger partial charge in [0.05, 0.1) is 15.5 Å². The molecule has 0 heterocycles. The largest absolute Gasteiger partial charge is 0.350 e. The highest BCUT2D eigenvalue weighted by molar-refractivity contribution is 6.33. The summed E-state index contributed by atoms with van der Waals surface area (Å²) in [5, 5.41) is 13.7. The van der Waals surface area contributed by atoms with E-state index in [1.807, 2.05) is 19.0 Å². The molecule has 0 aliphatic rings. The van der Waals surface area contributed by atoms with Crippen LogP contribution in [0.2, 0.25) is 5.02 Å². The van der Waals surface area contributed by atoms with Gasteiger partial charge in [0, 0.05) is 24.7 Å². The van der Waals surface area contributed by atoms with Gasteiger partial charge in [-0.25, -0.2) is 0 Å². The van der Waals surface area contributed by atoms with Crippen molar-refractivity contribution in [1.82, 2.24) is 10.2 Å². The molecule has 0 aliphatic heterocycles. The predicted octanol–water partition coefficient (Wildman–Crippen LogP) is 2.56. The molecular weight excluding hydrogens is 294 g/mol. The van der Waals surface area contributed by atoms with Crippen LogP contribution < -0.4 is 5.32 Å². The lowest BCUT2D eigenvalue weighted by molar-refractivity contribution is -0.384. The van der Waals surface area contributed by atoms with Gasteiger partial charge in [0.15, 0.2) is 0 Å². The lowest BCUT2D eigenvalue weighted by Gasteiger charge is -2.28. The Morgan fingerprint density at radius 3 is 2.52 bits per heavy atom. The second-order valence-electron chi connectivity index (χ2n) is 5.41. The van der Waals surface area contributed by atoms with E-state index >= 15 is 0 Å². The molecule has 6 nitrogen and oxygen atoms in total. The Morgan fingerprint density at radius 2 is 2.05 bits per heavy atom. The molecule has 0 spiro atoms. The summed E-state index contributed by atoms with van der Waals surface area (Å²) in [4.78, 5) is 24.4. The molecule has 0 saturated carbocycles. The molecular formula is C14H20ClN3O3. The van der Waals surface area contributed by atoms with Gasteiger partial charge in [-0.2, -0.15) is 0 Å². The molecule has 1 aromatic rings. The number of benzene rings is 1. The van der Waals surface area contributed by atoms with Crippen LogP contribution >= 0.6 is 11.6 Å². The van der Waals surface area contributed by atoms with Crippen molar-refractivity contribution in [3.8, 4) is 0 Å². The summed E-state index contributed by atoms with van der Waals surface area (Å²) in [7, 11) is 3.88. The van der Waals surface area contributed by atoms with Crippen molar-refractivity contribution in [2.24, 2.45) is 5.92 Å². The number of carbonyl (C=O) groups is 1. The van der Waals surface area contributed by atoms with E-state index in [1.165, 1.54) is 18.2 Å². The Bertz CT molecular complexity index is 524. The van der Waals surface area contributed by atoms with Crippen LogP contribution in [-0.2, 0) is 0 Å². The number of nitrogens with zero attached hydrogens (tertiary/aromatic N) is 2. The van der Waals surface area contributed by atoms with Gasteiger partial charge in [-0.05, 0) is 26.1 Å². The summed E-state index contributed by atoms with van der Waals surface area (Å²) in [6.07, 6.45) is 0. The van der Waals surface area contributed by atoms with Crippen LogP contribution in [0.1, 0.15) is 24.2 Å². The first-order valence-electron chi connectivity index (χ1n) is 6.62. The Labute approximate surface area is 129 Å². The molecule has 1 aromatic carbocycles. The van der Waals surface area contributed by atoms with Crippen LogP contribution in [0, 0.1) is 16.0 Å². The van der Waals surface area contributed by atoms with Gasteiger partial charge >= 0.3 is 0 Å². The van der Waals surface area contributed by atoms with Gasteiger partial charge in [-0.1, -0.05) is 25.4 Å². The highest BCUT2D eigenvalue weighted by atomic mass is 35.5. The number of carbonyl (C=O) groups excluding carboxylic acids is 1. The van der Waals surface area contributed by atoms with Crippen LogP contribution in [0.15, 0.2) is 18.2 Å². The third kappa shape index (κ3) is 4.68. The zero-order valence-corrected chi connectivity index (χ0v) is 13.3. The summed E-state index contributed by atoms with van der Waals surface area (Å²) in [6, 6.07) is 4.00. The Morgan fingerprint density at radius 1 is 1.43 bits per heavy atom. The van der Waals surface area contributed by atoms with Gasteiger partial charge in [0.1, 0.15) is 0 Å². The third-order valence-corrected chi connectivity index (χ3v) is 3.64. The minimum absolute atomic E-state index is 0.118. The smallest absolute Gasteiger partial charge is 0.270 e. The van der Waals surface area contributed by atoms with E-state index in [4.69, 9.17) is 11.6 Å². The average Bonchev–Trinajstić information content (AvgIpc) is 2.37. The number of nitro groups is 1. The van der Waals surface area contributed by atoms with Crippen LogP contribution in [-0.4, -0.2) is 42.4 Å². The SMILES string of the molecule is CC(C)C(CNC(=O)c1cc([N+](=O)[O-])ccc1Cl)N(C)C. The van der Waals surface area contributed by atoms with E-state index in [-0.39, 0.29) is 22.3 Å². The first-order chi connectivity index (χ1) is 9.73. The van der Waals surface area contributed by atoms with Crippen LogP contribution in [0.4, 0.5) is 5.69 Å². The van der Waals surface area contributed by atoms with Gasteiger partial charge in [-0.3, -0.25) is 14.9 Å². The second kappa shape index (κ2) is 7.38. The van der Waals surface area contributed by atoms with Crippen molar-refractivity contribution in [3.05, 3.63) is 38.9 Å². The number of rotatable bonds is 6. The highest BCUT2D eigenvalue weighted by Crippen LogP contribution is 2.22. The molecule has 1 N–H and O–H groups in total. The average molecular weight is 314 g/mol. The molecule has 0 fully saturated rings. The van der Waals surface area contributed by atoms with Crippen molar-refractivity contribution >= 4 is 23.2 Å². The fraction of sp³-hybridized carbons (Fsp3) is 0.500. The molecule has 1 amide bonds. The monoisotopic (exact) mass is 313 g/mol. The van der Waals surface area contributed by atoms with Crippen molar-refractivity contribution in [3.63, 3.8) is 0 Å². The Hall–Kier alpha value is -1.66. The summed E-state index contributed by atoms with van der Waals surface area (Å²) in [5.41, 5.74) is -0.0373. The molecule has 0 bridgehead atoms. The topological polar surface area (TPSA) is 75.5 Å². The summed E-state index contributed by atoms with van der Waals surface area (Å²) < 4.78 is 0. The minimum atomic E-state index is -0.552. The number of hydrogen-bond acceptors (Lipinski definition) is 4. The molecule has 1 unspecified atom stereocenters. The molecule has 21 heavy (non-hydrogen) atoms. The van der Waals surface area contributed by atoms with Crippen LogP contribution in [0.25, 0.3) is 0 Å². The minimum Gasteiger partial charge on any atom is -0.350 e. The third-order valence-electron chi connectivity index (χ3n) is 3.31. The number of amides is 1. The fourth-order valence-electron chi connectivity index (χ4n) is 2.11. The van der Waals surface area contributed by atoms with Gasteiger partial charge in [0.2, 0.25) is 0 Å². The molecule has 1 rings (SSSR count). The lowest BCUT2D eigenvalue weighted by Crippen LogP contribution is -2.43. The number of halogens is 1. The summed E-state index contributed by atoms with van der Waals surface area (Å²) in [5.74, 6) is -0.0444. The second-order valence-corrected chi connectivity index (χ2v) is 5.81. The van der Waals surface area contributed by atoms with Crippen LogP contribution in [0.5, 0.6) is 0 Å². The van der Waals surface area contributed by atoms with Crippen LogP contribution in [0.3, 0.4) is 0 Å². The zero-order valence-electron chi connectivity index (χ0n) is 12.6. The normalized spacial score (nSPS) is 12.5. The van der Waals surface area contributed by atoms with E-state index in [0.717, 1.165) is 0 Å². The maximum atomic E-state index is 12.2. The number of nitro benzene ring substituents is 1. The molecule has 0 aromatic heterocycles. The van der Waals surface area contributed by atoms with Crippen molar-refractivity contribution in [1.29, 1.82) is 0 Å². The van der Waals surface area contributed by atoms with E-state index in [1.54, 1.807) is 0 Å². The highest BCUT2D eigenvalue weighted by Gasteiger charge is 2.19. The van der Waals surface area contributed by atoms with E-state index in [0.29, 0.717) is 12.5 Å². The summed E-state index contributed by atoms with van der Waals surface area (Å²) in [6.45, 7) is 4.58. The molecule has 1 atom stereocenters. The van der Waals surface area contributed by atoms with Gasteiger partial charge in [0.25, 0.3) is 11.6 Å². The Kier molecular flexibility index (Phi) is 6.11. The maximum Gasteiger partial charge on any atom is 0.270 e. The predicted molar refractivity (Wildman–Crippen MR) is 82.8 cm³/mol. The van der Waals surface area contributed by atoms with Gasteiger partial charge in [-0.15, -0.1) is 0 Å². The number of nitrogens with one attached hydrogen (secondary N) is 1. The van der Waals surface area contributed by atoms with E-state index in [9.17, 15) is 14.9 Å². The van der Waals surface area contributed by atoms with Crippen molar-refractivity contribution in [2.75, 3.05) is 20.6 Å². The first kappa shape index (κ1) is 17.4. The number of hydrogen-bond donors (Lipinski definition) is 1. The standard InChI is InChI=1S/C14H20ClN3O3/c1-9(2)13(17(3)4)8-16-14(19)11-7-10(18(20)21)5-6-12(11)15/h5-7,9,13H,8H2,1-4H3,(H,16,19). The lowest BCUT2D eigenvalue weighted by atomic mass is 10.0. The Balaban J connectivity index is 2.84. The van der Waals surface area contributed by atoms with Gasteiger partial charge < -0.3 is 10.2 Å². The van der Waals surface area contributed by atoms with Crippen molar-refractivity contribution < 1.29 is 9.72 Å². The molecule has 7 heteroatoms. The summed E-state index contributed by atoms with van der Waals surface area (Å²) >= 11 is 5.94. The number of non-ortho nitro benzene ring substituents is 1. The zero-order chi connectivity index (χ0) is 16.2. The maximum absolute atomic E-state index is 12.2. The molecule has 0 saturated heterocycles. The quantitative estimate of drug-likeness (QED) is 0.647. The molecule has 0 radical (unpaired) electrons. The number of likely N-dealkylation sites (N-methyl/N-ethyl adjacent to an activating group) is 1. The fourth-order valence-corrected chi connectivity index (χ4v) is 2.31. The molecule has 116 valence electrons. The van der Waals surface area contributed by atoms with E-state index in [2.05, 4.69) is 19.2 Å². The van der Waals surface area contributed by atoms with E-state index < -0.39 is 10.8 Å². The molecule has 0 aliphatic carbocycles. The van der Waals surface area contributed by atoms with Crippen molar-refractivity contribution in [2.45, 2.75) is 19.9 Å². The first-order valence-corrected chi connectivity index (χ1v) is 7.00.